The highest BCUT2D eigenvalue weighted by atomic mass is 79.9. The topological polar surface area (TPSA) is 66.8 Å². The van der Waals surface area contributed by atoms with Gasteiger partial charge in [0.05, 0.1) is 17.7 Å². The van der Waals surface area contributed by atoms with Crippen LogP contribution in [0.4, 0.5) is 4.39 Å². The number of Topliss-reactive ketones (excluding diaryl/α,β-unsaturated/α-hetero) is 1. The van der Waals surface area contributed by atoms with E-state index >= 15 is 0 Å². The molecule has 1 aliphatic rings. The highest BCUT2D eigenvalue weighted by Crippen LogP contribution is 2.40. The fourth-order valence-electron chi connectivity index (χ4n) is 3.63. The van der Waals surface area contributed by atoms with Crippen LogP contribution < -0.4 is 0 Å². The Morgan fingerprint density at radius 1 is 1.23 bits per heavy atom. The van der Waals surface area contributed by atoms with E-state index in [0.717, 1.165) is 10.0 Å². The van der Waals surface area contributed by atoms with Gasteiger partial charge in [0.25, 0.3) is 11.7 Å². The molecule has 0 aliphatic carbocycles. The van der Waals surface area contributed by atoms with Gasteiger partial charge in [-0.1, -0.05) is 40.2 Å². The van der Waals surface area contributed by atoms with Crippen molar-refractivity contribution in [2.24, 2.45) is 0 Å². The molecule has 0 saturated carbocycles. The van der Waals surface area contributed by atoms with Crippen LogP contribution in [-0.2, 0) is 14.3 Å². The Bertz CT molecular complexity index is 1030. The Morgan fingerprint density at radius 2 is 1.94 bits per heavy atom. The average Bonchev–Trinajstić information content (AvgIpc) is 2.97. The highest BCUT2D eigenvalue weighted by molar-refractivity contribution is 9.10. The van der Waals surface area contributed by atoms with E-state index in [1.54, 1.807) is 30.3 Å². The Labute approximate surface area is 189 Å². The van der Waals surface area contributed by atoms with E-state index in [1.807, 2.05) is 20.8 Å². The van der Waals surface area contributed by atoms with E-state index in [4.69, 9.17) is 4.74 Å². The van der Waals surface area contributed by atoms with Crippen molar-refractivity contribution in [3.05, 3.63) is 75.0 Å². The molecular formula is C24H25BrFNO4. The normalized spacial score (nSPS) is 18.3. The van der Waals surface area contributed by atoms with Gasteiger partial charge in [-0.05, 0) is 51.0 Å². The number of carbonyl (C=O) groups is 2. The number of ketones is 1. The van der Waals surface area contributed by atoms with E-state index in [9.17, 15) is 19.1 Å². The number of amides is 1. The molecule has 3 rings (SSSR count). The van der Waals surface area contributed by atoms with Crippen LogP contribution in [0, 0.1) is 12.7 Å². The van der Waals surface area contributed by atoms with Crippen molar-refractivity contribution in [3.8, 4) is 0 Å². The maximum absolute atomic E-state index is 14.7. The smallest absolute Gasteiger partial charge is 0.295 e. The predicted molar refractivity (Wildman–Crippen MR) is 120 cm³/mol. The fraction of sp³-hybridized carbons (Fsp3) is 0.333. The Morgan fingerprint density at radius 3 is 2.58 bits per heavy atom. The quantitative estimate of drug-likeness (QED) is 0.253. The van der Waals surface area contributed by atoms with Crippen LogP contribution in [0.1, 0.15) is 43.0 Å². The van der Waals surface area contributed by atoms with Crippen molar-refractivity contribution in [2.75, 3.05) is 13.2 Å². The number of rotatable bonds is 7. The first-order chi connectivity index (χ1) is 14.7. The Kier molecular flexibility index (Phi) is 7.28. The van der Waals surface area contributed by atoms with Crippen molar-refractivity contribution in [2.45, 2.75) is 39.3 Å². The molecule has 0 aromatic heterocycles. The molecule has 7 heteroatoms. The average molecular weight is 490 g/mol. The second kappa shape index (κ2) is 9.75. The summed E-state index contributed by atoms with van der Waals surface area (Å²) in [4.78, 5) is 27.1. The third-order valence-electron chi connectivity index (χ3n) is 5.17. The lowest BCUT2D eigenvalue weighted by molar-refractivity contribution is -0.140. The molecule has 1 unspecified atom stereocenters. The van der Waals surface area contributed by atoms with Crippen LogP contribution in [0.3, 0.4) is 0 Å². The van der Waals surface area contributed by atoms with Crippen LogP contribution >= 0.6 is 15.9 Å². The molecule has 0 radical (unpaired) electrons. The standard InChI is InChI=1S/C24H25BrFNO4/c1-14(2)31-12-6-11-27-21(17-7-4-5-8-19(17)26)20(23(29)24(27)30)22(28)16-9-10-18(25)15(3)13-16/h4-5,7-10,13-14,21,28H,6,11-12H2,1-3H3/b22-20+. The first-order valence-corrected chi connectivity index (χ1v) is 10.9. The SMILES string of the molecule is Cc1cc(/C(O)=C2\C(=O)C(=O)N(CCCOC(C)C)C2c2ccccc2F)ccc1Br. The highest BCUT2D eigenvalue weighted by Gasteiger charge is 2.46. The zero-order chi connectivity index (χ0) is 22.7. The lowest BCUT2D eigenvalue weighted by Gasteiger charge is -2.25. The summed E-state index contributed by atoms with van der Waals surface area (Å²) in [6.07, 6.45) is 0.520. The van der Waals surface area contributed by atoms with Gasteiger partial charge >= 0.3 is 0 Å². The minimum absolute atomic E-state index is 0.0402. The number of aliphatic hydroxyl groups excluding tert-OH is 1. The van der Waals surface area contributed by atoms with Crippen LogP contribution in [-0.4, -0.2) is 41.0 Å². The molecule has 2 aromatic carbocycles. The van der Waals surface area contributed by atoms with E-state index in [-0.39, 0.29) is 29.5 Å². The van der Waals surface area contributed by atoms with Crippen molar-refractivity contribution in [1.29, 1.82) is 0 Å². The van der Waals surface area contributed by atoms with Crippen LogP contribution in [0.5, 0.6) is 0 Å². The third kappa shape index (κ3) is 4.88. The fourth-order valence-corrected chi connectivity index (χ4v) is 3.88. The number of halogens is 2. The third-order valence-corrected chi connectivity index (χ3v) is 6.06. The van der Waals surface area contributed by atoms with Gasteiger partial charge in [0.15, 0.2) is 0 Å². The molecule has 1 atom stereocenters. The Balaban J connectivity index is 2.07. The summed E-state index contributed by atoms with van der Waals surface area (Å²) in [6.45, 7) is 6.27. The van der Waals surface area contributed by atoms with Gasteiger partial charge in [0, 0.05) is 28.8 Å². The number of hydrogen-bond acceptors (Lipinski definition) is 4. The summed E-state index contributed by atoms with van der Waals surface area (Å²) >= 11 is 3.41. The molecule has 164 valence electrons. The largest absolute Gasteiger partial charge is 0.507 e. The zero-order valence-electron chi connectivity index (χ0n) is 17.7. The molecule has 2 aromatic rings. The summed E-state index contributed by atoms with van der Waals surface area (Å²) in [6, 6.07) is 10.1. The number of benzene rings is 2. The molecule has 1 fully saturated rings. The first kappa shape index (κ1) is 23.2. The molecule has 0 spiro atoms. The van der Waals surface area contributed by atoms with Crippen LogP contribution in [0.15, 0.2) is 52.5 Å². The lowest BCUT2D eigenvalue weighted by atomic mass is 9.94. The summed E-state index contributed by atoms with van der Waals surface area (Å²) in [7, 11) is 0. The van der Waals surface area contributed by atoms with Crippen LogP contribution in [0.2, 0.25) is 0 Å². The number of hydrogen-bond donors (Lipinski definition) is 1. The second-order valence-corrected chi connectivity index (χ2v) is 8.61. The molecule has 1 N–H and O–H groups in total. The maximum Gasteiger partial charge on any atom is 0.295 e. The maximum atomic E-state index is 14.7. The number of likely N-dealkylation sites (tertiary alicyclic amines) is 1. The van der Waals surface area contributed by atoms with Gasteiger partial charge < -0.3 is 14.7 Å². The number of ether oxygens (including phenoxy) is 1. The molecule has 0 bridgehead atoms. The molecule has 1 aliphatic heterocycles. The summed E-state index contributed by atoms with van der Waals surface area (Å²) in [5.74, 6) is -2.44. The second-order valence-electron chi connectivity index (χ2n) is 7.75. The minimum Gasteiger partial charge on any atom is -0.507 e. The van der Waals surface area contributed by atoms with Gasteiger partial charge in [-0.15, -0.1) is 0 Å². The first-order valence-electron chi connectivity index (χ1n) is 10.1. The predicted octanol–water partition coefficient (Wildman–Crippen LogP) is 5.13. The summed E-state index contributed by atoms with van der Waals surface area (Å²) in [5.41, 5.74) is 1.30. The minimum atomic E-state index is -1.01. The summed E-state index contributed by atoms with van der Waals surface area (Å²) in [5, 5.41) is 11.0. The van der Waals surface area contributed by atoms with Gasteiger partial charge in [0.2, 0.25) is 0 Å². The molecule has 31 heavy (non-hydrogen) atoms. The van der Waals surface area contributed by atoms with E-state index in [2.05, 4.69) is 15.9 Å². The molecule has 1 saturated heterocycles. The monoisotopic (exact) mass is 489 g/mol. The van der Waals surface area contributed by atoms with E-state index in [1.165, 1.54) is 17.0 Å². The van der Waals surface area contributed by atoms with Gasteiger partial charge in [-0.25, -0.2) is 4.39 Å². The van der Waals surface area contributed by atoms with Gasteiger partial charge in [-0.2, -0.15) is 0 Å². The van der Waals surface area contributed by atoms with Crippen molar-refractivity contribution in [1.82, 2.24) is 4.90 Å². The van der Waals surface area contributed by atoms with E-state index in [0.29, 0.717) is 18.6 Å². The molecule has 5 nitrogen and oxygen atoms in total. The molecule has 1 amide bonds. The van der Waals surface area contributed by atoms with Crippen LogP contribution in [0.25, 0.3) is 5.76 Å². The molecule has 1 heterocycles. The number of nitrogens with zero attached hydrogens (tertiary/aromatic N) is 1. The van der Waals surface area contributed by atoms with Gasteiger partial charge in [0.1, 0.15) is 11.6 Å². The number of aliphatic hydroxyl groups is 1. The summed E-state index contributed by atoms with van der Waals surface area (Å²) < 4.78 is 21.1. The lowest BCUT2D eigenvalue weighted by Crippen LogP contribution is -2.31. The zero-order valence-corrected chi connectivity index (χ0v) is 19.3. The van der Waals surface area contributed by atoms with E-state index < -0.39 is 23.5 Å². The molecular weight excluding hydrogens is 465 g/mol. The van der Waals surface area contributed by atoms with Crippen molar-refractivity contribution < 1.29 is 23.8 Å². The number of carbonyl (C=O) groups excluding carboxylic acids is 2. The number of aryl methyl sites for hydroxylation is 1. The van der Waals surface area contributed by atoms with Crippen molar-refractivity contribution in [3.63, 3.8) is 0 Å². The van der Waals surface area contributed by atoms with Gasteiger partial charge in [-0.3, -0.25) is 9.59 Å². The Hall–Kier alpha value is -2.51. The van der Waals surface area contributed by atoms with Crippen molar-refractivity contribution >= 4 is 33.4 Å².